The molecule has 0 atom stereocenters. The number of carbonyl (C=O) groups is 1. The Morgan fingerprint density at radius 2 is 1.62 bits per heavy atom. The summed E-state index contributed by atoms with van der Waals surface area (Å²) in [4.78, 5) is 13.0. The van der Waals surface area contributed by atoms with Crippen LogP contribution in [0.2, 0.25) is 0 Å². The molecule has 0 radical (unpaired) electrons. The number of benzene rings is 1. The average Bonchev–Trinajstić information content (AvgIpc) is 2.64. The standard InChI is InChI=1S/C21H28N2O3/c1-13(17-4-5-18(25-2)19(9-17)26-3)22-23-20(24)21-10-14-6-15(11-21)8-16(7-14)12-21/h4-5,9,14-16H,6-8,10-12H2,1-3H3,(H,23,24)/b22-13+. The first kappa shape index (κ1) is 17.4. The quantitative estimate of drug-likeness (QED) is 0.645. The Morgan fingerprint density at radius 1 is 1.04 bits per heavy atom. The molecule has 5 rings (SSSR count). The molecule has 0 spiro atoms. The van der Waals surface area contributed by atoms with E-state index in [1.54, 1.807) is 14.2 Å². The van der Waals surface area contributed by atoms with Crippen LogP contribution in [-0.2, 0) is 4.79 Å². The lowest BCUT2D eigenvalue weighted by Gasteiger charge is -2.55. The number of nitrogens with zero attached hydrogens (tertiary/aromatic N) is 1. The third-order valence-electron chi connectivity index (χ3n) is 6.65. The van der Waals surface area contributed by atoms with Crippen molar-refractivity contribution in [2.24, 2.45) is 28.3 Å². The van der Waals surface area contributed by atoms with Crippen LogP contribution in [0.25, 0.3) is 0 Å². The molecule has 4 saturated carbocycles. The number of amides is 1. The van der Waals surface area contributed by atoms with Gasteiger partial charge in [0, 0.05) is 5.56 Å². The number of methoxy groups -OCH3 is 2. The number of nitrogens with one attached hydrogen (secondary N) is 1. The summed E-state index contributed by atoms with van der Waals surface area (Å²) in [6.45, 7) is 1.90. The van der Waals surface area contributed by atoms with Gasteiger partial charge in [0.15, 0.2) is 11.5 Å². The predicted octanol–water partition coefficient (Wildman–Crippen LogP) is 3.76. The molecule has 1 aromatic rings. The van der Waals surface area contributed by atoms with E-state index in [1.165, 1.54) is 19.3 Å². The van der Waals surface area contributed by atoms with Crippen molar-refractivity contribution in [3.8, 4) is 11.5 Å². The molecular formula is C21H28N2O3. The number of hydrogen-bond donors (Lipinski definition) is 1. The van der Waals surface area contributed by atoms with E-state index in [-0.39, 0.29) is 11.3 Å². The molecule has 5 nitrogen and oxygen atoms in total. The molecule has 4 bridgehead atoms. The summed E-state index contributed by atoms with van der Waals surface area (Å²) in [5.41, 5.74) is 4.39. The van der Waals surface area contributed by atoms with Crippen molar-refractivity contribution in [1.29, 1.82) is 0 Å². The number of hydrazone groups is 1. The summed E-state index contributed by atoms with van der Waals surface area (Å²) in [5, 5.41) is 4.40. The van der Waals surface area contributed by atoms with Crippen LogP contribution in [0.15, 0.2) is 23.3 Å². The number of hydrogen-bond acceptors (Lipinski definition) is 4. The van der Waals surface area contributed by atoms with Crippen LogP contribution in [0, 0.1) is 23.2 Å². The molecular weight excluding hydrogens is 328 g/mol. The van der Waals surface area contributed by atoms with Gasteiger partial charge in [-0.3, -0.25) is 4.79 Å². The molecule has 1 amide bonds. The zero-order valence-electron chi connectivity index (χ0n) is 15.9. The number of ether oxygens (including phenoxy) is 2. The molecule has 4 fully saturated rings. The predicted molar refractivity (Wildman–Crippen MR) is 101 cm³/mol. The average molecular weight is 356 g/mol. The van der Waals surface area contributed by atoms with Gasteiger partial charge in [0.05, 0.1) is 25.3 Å². The van der Waals surface area contributed by atoms with Gasteiger partial charge in [-0.2, -0.15) is 5.10 Å². The Labute approximate surface area is 155 Å². The first-order valence-electron chi connectivity index (χ1n) is 9.60. The summed E-state index contributed by atoms with van der Waals surface area (Å²) in [7, 11) is 3.23. The molecule has 0 saturated heterocycles. The smallest absolute Gasteiger partial charge is 0.246 e. The van der Waals surface area contributed by atoms with Crippen molar-refractivity contribution < 1.29 is 14.3 Å². The van der Waals surface area contributed by atoms with E-state index < -0.39 is 0 Å². The van der Waals surface area contributed by atoms with Crippen molar-refractivity contribution >= 4 is 11.6 Å². The second kappa shape index (κ2) is 6.60. The van der Waals surface area contributed by atoms with Crippen LogP contribution in [0.3, 0.4) is 0 Å². The van der Waals surface area contributed by atoms with E-state index in [4.69, 9.17) is 9.47 Å². The SMILES string of the molecule is COc1ccc(/C(C)=N/NC(=O)C23CC4CC(CC(C4)C2)C3)cc1OC. The van der Waals surface area contributed by atoms with Crippen molar-refractivity contribution in [2.45, 2.75) is 45.4 Å². The van der Waals surface area contributed by atoms with Crippen molar-refractivity contribution in [3.63, 3.8) is 0 Å². The fourth-order valence-corrected chi connectivity index (χ4v) is 5.77. The Morgan fingerprint density at radius 3 is 2.15 bits per heavy atom. The molecule has 1 aromatic carbocycles. The second-order valence-electron chi connectivity index (χ2n) is 8.41. The van der Waals surface area contributed by atoms with E-state index in [9.17, 15) is 4.79 Å². The highest BCUT2D eigenvalue weighted by Crippen LogP contribution is 2.60. The summed E-state index contributed by atoms with van der Waals surface area (Å²) >= 11 is 0. The van der Waals surface area contributed by atoms with Gasteiger partial charge in [-0.1, -0.05) is 0 Å². The minimum Gasteiger partial charge on any atom is -0.493 e. The molecule has 5 heteroatoms. The van der Waals surface area contributed by atoms with Crippen LogP contribution in [0.1, 0.15) is 51.0 Å². The number of carbonyl (C=O) groups excluding carboxylic acids is 1. The van der Waals surface area contributed by atoms with Gasteiger partial charge in [0.25, 0.3) is 0 Å². The van der Waals surface area contributed by atoms with Crippen molar-refractivity contribution in [2.75, 3.05) is 14.2 Å². The molecule has 140 valence electrons. The van der Waals surface area contributed by atoms with E-state index in [2.05, 4.69) is 10.5 Å². The van der Waals surface area contributed by atoms with Crippen LogP contribution < -0.4 is 14.9 Å². The van der Waals surface area contributed by atoms with E-state index in [0.29, 0.717) is 11.5 Å². The van der Waals surface area contributed by atoms with E-state index in [1.807, 2.05) is 25.1 Å². The largest absolute Gasteiger partial charge is 0.493 e. The molecule has 4 aliphatic rings. The fourth-order valence-electron chi connectivity index (χ4n) is 5.77. The van der Waals surface area contributed by atoms with E-state index >= 15 is 0 Å². The Balaban J connectivity index is 1.48. The summed E-state index contributed by atoms with van der Waals surface area (Å²) in [6, 6.07) is 5.67. The Bertz CT molecular complexity index is 705. The first-order valence-corrected chi connectivity index (χ1v) is 9.60. The molecule has 0 aliphatic heterocycles. The summed E-state index contributed by atoms with van der Waals surface area (Å²) in [5.74, 6) is 3.72. The minimum atomic E-state index is -0.171. The highest BCUT2D eigenvalue weighted by atomic mass is 16.5. The van der Waals surface area contributed by atoms with Gasteiger partial charge in [-0.15, -0.1) is 0 Å². The lowest BCUT2D eigenvalue weighted by molar-refractivity contribution is -0.146. The van der Waals surface area contributed by atoms with Gasteiger partial charge in [0.2, 0.25) is 5.91 Å². The normalized spacial score (nSPS) is 32.4. The maximum absolute atomic E-state index is 13.0. The van der Waals surface area contributed by atoms with E-state index in [0.717, 1.165) is 48.3 Å². The van der Waals surface area contributed by atoms with Gasteiger partial charge in [-0.05, 0) is 81.4 Å². The highest BCUT2D eigenvalue weighted by molar-refractivity contribution is 6.00. The minimum absolute atomic E-state index is 0.122. The zero-order chi connectivity index (χ0) is 18.3. The summed E-state index contributed by atoms with van der Waals surface area (Å²) in [6.07, 6.45) is 7.16. The molecule has 4 aliphatic carbocycles. The molecule has 0 aromatic heterocycles. The third-order valence-corrected chi connectivity index (χ3v) is 6.65. The lowest BCUT2D eigenvalue weighted by Crippen LogP contribution is -2.52. The fraction of sp³-hybridized carbons (Fsp3) is 0.619. The van der Waals surface area contributed by atoms with Gasteiger partial charge in [-0.25, -0.2) is 5.43 Å². The molecule has 0 unspecified atom stereocenters. The van der Waals surface area contributed by atoms with Gasteiger partial charge in [0.1, 0.15) is 0 Å². The third kappa shape index (κ3) is 2.97. The monoisotopic (exact) mass is 356 g/mol. The Hall–Kier alpha value is -2.04. The molecule has 26 heavy (non-hydrogen) atoms. The lowest BCUT2D eigenvalue weighted by atomic mass is 9.49. The summed E-state index contributed by atoms with van der Waals surface area (Å²) < 4.78 is 10.6. The second-order valence-corrected chi connectivity index (χ2v) is 8.41. The van der Waals surface area contributed by atoms with Crippen LogP contribution in [0.5, 0.6) is 11.5 Å². The number of rotatable bonds is 5. The van der Waals surface area contributed by atoms with Crippen LogP contribution in [0.4, 0.5) is 0 Å². The molecule has 0 heterocycles. The van der Waals surface area contributed by atoms with Gasteiger partial charge >= 0.3 is 0 Å². The van der Waals surface area contributed by atoms with Crippen molar-refractivity contribution in [1.82, 2.24) is 5.43 Å². The van der Waals surface area contributed by atoms with Crippen molar-refractivity contribution in [3.05, 3.63) is 23.8 Å². The zero-order valence-corrected chi connectivity index (χ0v) is 15.9. The highest BCUT2D eigenvalue weighted by Gasteiger charge is 2.54. The van der Waals surface area contributed by atoms with Crippen LogP contribution in [-0.4, -0.2) is 25.8 Å². The maximum Gasteiger partial charge on any atom is 0.246 e. The maximum atomic E-state index is 13.0. The van der Waals surface area contributed by atoms with Gasteiger partial charge < -0.3 is 9.47 Å². The Kier molecular flexibility index (Phi) is 4.41. The van der Waals surface area contributed by atoms with Crippen LogP contribution >= 0.6 is 0 Å². The first-order chi connectivity index (χ1) is 12.5. The topological polar surface area (TPSA) is 59.9 Å². The molecule has 1 N–H and O–H groups in total.